The molecular weight excluding hydrogens is 302 g/mol. The number of hydrogen-bond acceptors (Lipinski definition) is 5. The van der Waals surface area contributed by atoms with Crippen molar-refractivity contribution in [2.45, 2.75) is 6.04 Å². The minimum Gasteiger partial charge on any atom is -0.505 e. The van der Waals surface area contributed by atoms with Gasteiger partial charge in [-0.2, -0.15) is 0 Å². The van der Waals surface area contributed by atoms with Crippen molar-refractivity contribution < 1.29 is 9.52 Å². The van der Waals surface area contributed by atoms with E-state index in [0.717, 1.165) is 5.39 Å². The Kier molecular flexibility index (Phi) is 3.59. The van der Waals surface area contributed by atoms with Gasteiger partial charge >= 0.3 is 0 Å². The zero-order valence-corrected chi connectivity index (χ0v) is 12.8. The minimum absolute atomic E-state index is 0.137. The molecule has 3 heterocycles. The fraction of sp³-hybridized carbons (Fsp3) is 0.0526. The maximum Gasteiger partial charge on any atom is 0.147 e. The molecule has 0 spiro atoms. The first-order chi connectivity index (χ1) is 11.8. The molecule has 24 heavy (non-hydrogen) atoms. The molecule has 0 saturated heterocycles. The van der Waals surface area contributed by atoms with Gasteiger partial charge in [0.25, 0.3) is 0 Å². The molecule has 1 unspecified atom stereocenters. The Balaban J connectivity index is 1.83. The fourth-order valence-electron chi connectivity index (χ4n) is 2.73. The van der Waals surface area contributed by atoms with Gasteiger partial charge in [0, 0.05) is 23.3 Å². The summed E-state index contributed by atoms with van der Waals surface area (Å²) in [6.45, 7) is 0. The van der Waals surface area contributed by atoms with E-state index < -0.39 is 0 Å². The van der Waals surface area contributed by atoms with Gasteiger partial charge in [-0.05, 0) is 30.3 Å². The van der Waals surface area contributed by atoms with Gasteiger partial charge < -0.3 is 14.8 Å². The average Bonchev–Trinajstić information content (AvgIpc) is 3.16. The van der Waals surface area contributed by atoms with Crippen LogP contribution in [0.15, 0.2) is 77.7 Å². The summed E-state index contributed by atoms with van der Waals surface area (Å²) in [4.78, 5) is 8.58. The standard InChI is InChI=1S/C19H15N3O2/c23-19-14(9-8-13-5-3-11-21-17(13)19)18(15-6-4-12-24-15)22-16-7-1-2-10-20-16/h1-12,18,23H,(H,20,22). The molecule has 4 aromatic rings. The van der Waals surface area contributed by atoms with E-state index in [1.54, 1.807) is 18.7 Å². The predicted molar refractivity (Wildman–Crippen MR) is 91.8 cm³/mol. The van der Waals surface area contributed by atoms with Gasteiger partial charge in [-0.3, -0.25) is 4.98 Å². The average molecular weight is 317 g/mol. The van der Waals surface area contributed by atoms with Gasteiger partial charge in [-0.1, -0.05) is 24.3 Å². The van der Waals surface area contributed by atoms with E-state index in [1.165, 1.54) is 0 Å². The first-order valence-corrected chi connectivity index (χ1v) is 7.60. The Morgan fingerprint density at radius 3 is 2.62 bits per heavy atom. The van der Waals surface area contributed by atoms with Crippen LogP contribution in [0.2, 0.25) is 0 Å². The number of benzene rings is 1. The van der Waals surface area contributed by atoms with E-state index in [4.69, 9.17) is 4.42 Å². The van der Waals surface area contributed by atoms with Crippen LogP contribution in [0.1, 0.15) is 17.4 Å². The number of aromatic nitrogens is 2. The Morgan fingerprint density at radius 1 is 0.917 bits per heavy atom. The molecule has 5 heteroatoms. The summed E-state index contributed by atoms with van der Waals surface area (Å²) in [5.41, 5.74) is 1.25. The van der Waals surface area contributed by atoms with Crippen LogP contribution in [0.3, 0.4) is 0 Å². The highest BCUT2D eigenvalue weighted by atomic mass is 16.3. The molecule has 3 aromatic heterocycles. The topological polar surface area (TPSA) is 71.2 Å². The highest BCUT2D eigenvalue weighted by Gasteiger charge is 2.22. The first-order valence-electron chi connectivity index (χ1n) is 7.60. The van der Waals surface area contributed by atoms with Gasteiger partial charge in [0.15, 0.2) is 0 Å². The van der Waals surface area contributed by atoms with E-state index in [0.29, 0.717) is 22.7 Å². The second-order valence-corrected chi connectivity index (χ2v) is 5.39. The van der Waals surface area contributed by atoms with E-state index in [2.05, 4.69) is 15.3 Å². The third-order valence-corrected chi connectivity index (χ3v) is 3.87. The minimum atomic E-state index is -0.374. The fourth-order valence-corrected chi connectivity index (χ4v) is 2.73. The van der Waals surface area contributed by atoms with E-state index in [9.17, 15) is 5.11 Å². The van der Waals surface area contributed by atoms with Gasteiger partial charge in [0.1, 0.15) is 28.9 Å². The monoisotopic (exact) mass is 317 g/mol. The molecule has 2 N–H and O–H groups in total. The molecule has 0 aliphatic carbocycles. The van der Waals surface area contributed by atoms with Crippen molar-refractivity contribution in [2.75, 3.05) is 5.32 Å². The SMILES string of the molecule is Oc1c(C(Nc2ccccn2)c2ccco2)ccc2cccnc12. The zero-order valence-electron chi connectivity index (χ0n) is 12.8. The van der Waals surface area contributed by atoms with Crippen molar-refractivity contribution in [1.82, 2.24) is 9.97 Å². The third-order valence-electron chi connectivity index (χ3n) is 3.87. The largest absolute Gasteiger partial charge is 0.505 e. The summed E-state index contributed by atoms with van der Waals surface area (Å²) in [6.07, 6.45) is 4.99. The van der Waals surface area contributed by atoms with E-state index >= 15 is 0 Å². The second kappa shape index (κ2) is 6.04. The Hall–Kier alpha value is -3.34. The molecule has 0 fully saturated rings. The summed E-state index contributed by atoms with van der Waals surface area (Å²) in [6, 6.07) is 16.5. The van der Waals surface area contributed by atoms with Gasteiger partial charge in [0.05, 0.1) is 6.26 Å². The van der Waals surface area contributed by atoms with Crippen molar-refractivity contribution in [3.05, 3.63) is 84.6 Å². The molecule has 0 bridgehead atoms. The molecule has 5 nitrogen and oxygen atoms in total. The molecule has 118 valence electrons. The van der Waals surface area contributed by atoms with Crippen molar-refractivity contribution in [3.8, 4) is 5.75 Å². The van der Waals surface area contributed by atoms with Crippen LogP contribution in [0, 0.1) is 0 Å². The van der Waals surface area contributed by atoms with Crippen molar-refractivity contribution >= 4 is 16.7 Å². The van der Waals surface area contributed by atoms with Crippen molar-refractivity contribution in [3.63, 3.8) is 0 Å². The Labute approximate surface area is 138 Å². The van der Waals surface area contributed by atoms with Crippen LogP contribution in [-0.2, 0) is 0 Å². The number of pyridine rings is 2. The summed E-state index contributed by atoms with van der Waals surface area (Å²) in [5.74, 6) is 1.52. The number of furan rings is 1. The normalized spacial score (nSPS) is 12.2. The number of aromatic hydroxyl groups is 1. The number of nitrogens with zero attached hydrogens (tertiary/aromatic N) is 2. The first kappa shape index (κ1) is 14.3. The number of hydrogen-bond donors (Lipinski definition) is 2. The Morgan fingerprint density at radius 2 is 1.83 bits per heavy atom. The number of nitrogens with one attached hydrogen (secondary N) is 1. The maximum atomic E-state index is 10.7. The molecule has 4 rings (SSSR count). The van der Waals surface area contributed by atoms with Crippen molar-refractivity contribution in [1.29, 1.82) is 0 Å². The summed E-state index contributed by atoms with van der Waals surface area (Å²) in [5, 5.41) is 14.9. The van der Waals surface area contributed by atoms with Gasteiger partial charge in [-0.25, -0.2) is 4.98 Å². The number of phenols is 1. The lowest BCUT2D eigenvalue weighted by Gasteiger charge is -2.19. The van der Waals surface area contributed by atoms with E-state index in [1.807, 2.05) is 54.6 Å². The number of anilines is 1. The summed E-state index contributed by atoms with van der Waals surface area (Å²) in [7, 11) is 0. The molecule has 0 saturated carbocycles. The molecule has 1 aromatic carbocycles. The molecule has 0 amide bonds. The smallest absolute Gasteiger partial charge is 0.147 e. The molecule has 0 aliphatic rings. The zero-order chi connectivity index (χ0) is 16.4. The quantitative estimate of drug-likeness (QED) is 0.592. The molecular formula is C19H15N3O2. The van der Waals surface area contributed by atoms with Gasteiger partial charge in [0.2, 0.25) is 0 Å². The summed E-state index contributed by atoms with van der Waals surface area (Å²) < 4.78 is 5.57. The lowest BCUT2D eigenvalue weighted by Crippen LogP contribution is -2.13. The molecule has 0 radical (unpaired) electrons. The second-order valence-electron chi connectivity index (χ2n) is 5.39. The highest BCUT2D eigenvalue weighted by molar-refractivity contribution is 5.85. The number of fused-ring (bicyclic) bond motifs is 1. The Bertz CT molecular complexity index is 953. The van der Waals surface area contributed by atoms with Crippen molar-refractivity contribution in [2.24, 2.45) is 0 Å². The predicted octanol–water partition coefficient (Wildman–Crippen LogP) is 4.13. The van der Waals surface area contributed by atoms with Crippen LogP contribution in [0.4, 0.5) is 5.82 Å². The molecule has 0 aliphatic heterocycles. The molecule has 1 atom stereocenters. The lowest BCUT2D eigenvalue weighted by molar-refractivity contribution is 0.458. The number of rotatable bonds is 4. The van der Waals surface area contributed by atoms with Gasteiger partial charge in [-0.15, -0.1) is 0 Å². The van der Waals surface area contributed by atoms with Crippen LogP contribution >= 0.6 is 0 Å². The van der Waals surface area contributed by atoms with E-state index in [-0.39, 0.29) is 11.8 Å². The van der Waals surface area contributed by atoms with Crippen LogP contribution < -0.4 is 5.32 Å². The highest BCUT2D eigenvalue weighted by Crippen LogP contribution is 2.36. The van der Waals surface area contributed by atoms with Crippen LogP contribution in [0.25, 0.3) is 10.9 Å². The van der Waals surface area contributed by atoms with Crippen LogP contribution in [-0.4, -0.2) is 15.1 Å². The summed E-state index contributed by atoms with van der Waals surface area (Å²) >= 11 is 0. The van der Waals surface area contributed by atoms with Crippen LogP contribution in [0.5, 0.6) is 5.75 Å². The third kappa shape index (κ3) is 2.56. The maximum absolute atomic E-state index is 10.7. The lowest BCUT2D eigenvalue weighted by atomic mass is 10.0. The number of phenolic OH excluding ortho intramolecular Hbond substituents is 1.